The third-order valence-electron chi connectivity index (χ3n) is 18.5. The summed E-state index contributed by atoms with van der Waals surface area (Å²) in [6.07, 6.45) is 29.3. The molecule has 6 aromatic carbocycles. The van der Waals surface area contributed by atoms with Crippen LogP contribution in [0, 0.1) is 23.7 Å². The standard InChI is InChI=1S/C68H74N4O/c1-7-25-55(26-8-1)67(56-27-9-2-10-28-56,57-29-11-3-12-30-57)71-49-63(69-51-71)65(43-21-19-37-61(65)53-39-40-53)45-23-47-73-48-24-46-66(44-22-20-38-62(66)54-41-42-54)64-50-72(52-70-64)68(58-31-13-4-14-32-58,59-33-15-5-16-34-59)60-35-17-6-18-36-60/h1-18,25-36,49-54,61-62H,19-24,37-48H2. The van der Waals surface area contributed by atoms with Crippen molar-refractivity contribution in [1.29, 1.82) is 0 Å². The lowest BCUT2D eigenvalue weighted by Crippen LogP contribution is -2.41. The van der Waals surface area contributed by atoms with Crippen molar-refractivity contribution in [3.8, 4) is 0 Å². The van der Waals surface area contributed by atoms with E-state index in [1.54, 1.807) is 0 Å². The van der Waals surface area contributed by atoms with Gasteiger partial charge in [0.15, 0.2) is 0 Å². The van der Waals surface area contributed by atoms with E-state index in [2.05, 4.69) is 216 Å². The minimum Gasteiger partial charge on any atom is -0.381 e. The van der Waals surface area contributed by atoms with E-state index in [4.69, 9.17) is 14.7 Å². The van der Waals surface area contributed by atoms with Gasteiger partial charge in [-0.3, -0.25) is 0 Å². The van der Waals surface area contributed by atoms with Gasteiger partial charge in [0.25, 0.3) is 0 Å². The van der Waals surface area contributed by atoms with Gasteiger partial charge in [0.2, 0.25) is 0 Å². The molecule has 0 N–H and O–H groups in total. The van der Waals surface area contributed by atoms with Gasteiger partial charge < -0.3 is 13.9 Å². The van der Waals surface area contributed by atoms with Crippen LogP contribution in [0.15, 0.2) is 207 Å². The van der Waals surface area contributed by atoms with Gasteiger partial charge in [-0.25, -0.2) is 9.97 Å². The lowest BCUT2D eigenvalue weighted by atomic mass is 9.60. The normalized spacial score (nSPS) is 22.5. The predicted molar refractivity (Wildman–Crippen MR) is 296 cm³/mol. The van der Waals surface area contributed by atoms with Crippen LogP contribution in [0.3, 0.4) is 0 Å². The van der Waals surface area contributed by atoms with E-state index >= 15 is 0 Å². The maximum absolute atomic E-state index is 6.81. The lowest BCUT2D eigenvalue weighted by molar-refractivity contribution is 0.0827. The van der Waals surface area contributed by atoms with Gasteiger partial charge in [-0.1, -0.05) is 208 Å². The zero-order valence-corrected chi connectivity index (χ0v) is 42.9. The summed E-state index contributed by atoms with van der Waals surface area (Å²) in [4.78, 5) is 11.1. The van der Waals surface area contributed by atoms with Gasteiger partial charge in [0.05, 0.1) is 24.0 Å². The Labute approximate surface area is 435 Å². The summed E-state index contributed by atoms with van der Waals surface area (Å²) in [5.41, 5.74) is 8.99. The molecule has 0 saturated heterocycles. The Hall–Kier alpha value is -6.30. The summed E-state index contributed by atoms with van der Waals surface area (Å²) in [6, 6.07) is 66.5. The molecule has 0 spiro atoms. The highest BCUT2D eigenvalue weighted by Gasteiger charge is 2.52. The summed E-state index contributed by atoms with van der Waals surface area (Å²) < 4.78 is 11.7. The maximum Gasteiger partial charge on any atom is 0.121 e. The van der Waals surface area contributed by atoms with Crippen LogP contribution in [0.1, 0.15) is 148 Å². The maximum atomic E-state index is 6.81. The molecule has 4 atom stereocenters. The number of ether oxygens (including phenoxy) is 1. The SMILES string of the molecule is c1ccc(C(c2ccccc2)(c2ccccc2)n2cnc(C3(CCCOCCCC4(c5cn(C(c6ccccc6)(c6ccccc6)c6ccccc6)cn5)CCCCC4C4CC4)CCCCC3C3CC3)c2)cc1. The Bertz CT molecular complexity index is 2580. The minimum absolute atomic E-state index is 0.0424. The first kappa shape index (κ1) is 47.7. The zero-order valence-electron chi connectivity index (χ0n) is 42.9. The first-order chi connectivity index (χ1) is 36.2. The molecule has 73 heavy (non-hydrogen) atoms. The predicted octanol–water partition coefficient (Wildman–Crippen LogP) is 15.7. The Balaban J connectivity index is 0.806. The van der Waals surface area contributed by atoms with E-state index in [0.29, 0.717) is 11.8 Å². The lowest BCUT2D eigenvalue weighted by Gasteiger charge is -2.44. The fraction of sp³-hybridized carbons (Fsp3) is 0.382. The summed E-state index contributed by atoms with van der Waals surface area (Å²) in [5.74, 6) is 2.94. The molecule has 4 saturated carbocycles. The smallest absolute Gasteiger partial charge is 0.121 e. The summed E-state index contributed by atoms with van der Waals surface area (Å²) in [7, 11) is 0. The van der Waals surface area contributed by atoms with Gasteiger partial charge >= 0.3 is 0 Å². The topological polar surface area (TPSA) is 44.9 Å². The highest BCUT2D eigenvalue weighted by Crippen LogP contribution is 2.58. The first-order valence-corrected chi connectivity index (χ1v) is 28.2. The molecular weight excluding hydrogens is 889 g/mol. The number of aromatic nitrogens is 4. The van der Waals surface area contributed by atoms with Gasteiger partial charge in [-0.05, 0) is 134 Å². The fourth-order valence-electron chi connectivity index (χ4n) is 15.0. The van der Waals surface area contributed by atoms with Crippen LogP contribution in [0.4, 0.5) is 0 Å². The van der Waals surface area contributed by atoms with Gasteiger partial charge in [-0.15, -0.1) is 0 Å². The monoisotopic (exact) mass is 963 g/mol. The van der Waals surface area contributed by atoms with Gasteiger partial charge in [-0.2, -0.15) is 0 Å². The van der Waals surface area contributed by atoms with Crippen molar-refractivity contribution in [2.45, 2.75) is 125 Å². The molecule has 4 fully saturated rings. The molecule has 0 aliphatic heterocycles. The fourth-order valence-corrected chi connectivity index (χ4v) is 15.0. The van der Waals surface area contributed by atoms with Crippen LogP contribution in [-0.4, -0.2) is 32.3 Å². The van der Waals surface area contributed by atoms with Gasteiger partial charge in [0.1, 0.15) is 11.1 Å². The second kappa shape index (κ2) is 20.9. The zero-order chi connectivity index (χ0) is 49.0. The number of imidazole rings is 2. The second-order valence-corrected chi connectivity index (χ2v) is 22.5. The second-order valence-electron chi connectivity index (χ2n) is 22.5. The molecule has 0 bridgehead atoms. The van der Waals surface area contributed by atoms with Crippen molar-refractivity contribution in [2.24, 2.45) is 23.7 Å². The average molecular weight is 963 g/mol. The Kier molecular flexibility index (Phi) is 13.7. The van der Waals surface area contributed by atoms with Crippen LogP contribution in [0.2, 0.25) is 0 Å². The van der Waals surface area contributed by atoms with E-state index in [-0.39, 0.29) is 10.8 Å². The Morgan fingerprint density at radius 2 is 0.699 bits per heavy atom. The number of benzene rings is 6. The van der Waals surface area contributed by atoms with Crippen LogP contribution in [0.25, 0.3) is 0 Å². The molecule has 4 aliphatic rings. The quantitative estimate of drug-likeness (QED) is 0.0565. The average Bonchev–Trinajstić information content (AvgIpc) is 4.39. The largest absolute Gasteiger partial charge is 0.381 e. The molecule has 372 valence electrons. The highest BCUT2D eigenvalue weighted by molar-refractivity contribution is 5.52. The van der Waals surface area contributed by atoms with Crippen molar-refractivity contribution in [3.63, 3.8) is 0 Å². The summed E-state index contributed by atoms with van der Waals surface area (Å²) in [5, 5.41) is 0. The van der Waals surface area contributed by atoms with E-state index in [1.165, 1.54) is 122 Å². The summed E-state index contributed by atoms with van der Waals surface area (Å²) >= 11 is 0. The number of hydrogen-bond donors (Lipinski definition) is 0. The summed E-state index contributed by atoms with van der Waals surface area (Å²) in [6.45, 7) is 1.59. The van der Waals surface area contributed by atoms with Crippen LogP contribution >= 0.6 is 0 Å². The molecular formula is C68H74N4O. The van der Waals surface area contributed by atoms with Crippen molar-refractivity contribution in [2.75, 3.05) is 13.2 Å². The third-order valence-corrected chi connectivity index (χ3v) is 18.5. The molecule has 2 aromatic heterocycles. The molecule has 8 aromatic rings. The van der Waals surface area contributed by atoms with Crippen molar-refractivity contribution < 1.29 is 4.74 Å². The minimum atomic E-state index is -0.565. The van der Waals surface area contributed by atoms with Crippen LogP contribution < -0.4 is 0 Å². The molecule has 4 aliphatic carbocycles. The third kappa shape index (κ3) is 8.84. The van der Waals surface area contributed by atoms with E-state index in [1.807, 2.05) is 0 Å². The van der Waals surface area contributed by atoms with E-state index in [0.717, 1.165) is 50.7 Å². The van der Waals surface area contributed by atoms with E-state index in [9.17, 15) is 0 Å². The molecule has 12 rings (SSSR count). The van der Waals surface area contributed by atoms with Crippen LogP contribution in [0.5, 0.6) is 0 Å². The number of rotatable bonds is 20. The van der Waals surface area contributed by atoms with Crippen LogP contribution in [-0.2, 0) is 26.6 Å². The van der Waals surface area contributed by atoms with E-state index < -0.39 is 11.1 Å². The Morgan fingerprint density at radius 3 is 0.986 bits per heavy atom. The first-order valence-electron chi connectivity index (χ1n) is 28.2. The molecule has 0 amide bonds. The number of hydrogen-bond acceptors (Lipinski definition) is 3. The molecule has 5 heteroatoms. The molecule has 5 nitrogen and oxygen atoms in total. The molecule has 0 radical (unpaired) electrons. The van der Waals surface area contributed by atoms with Gasteiger partial charge in [0, 0.05) is 36.4 Å². The molecule has 4 unspecified atom stereocenters. The molecule has 2 heterocycles. The number of nitrogens with zero attached hydrogens (tertiary/aromatic N) is 4. The van der Waals surface area contributed by atoms with Crippen molar-refractivity contribution >= 4 is 0 Å². The van der Waals surface area contributed by atoms with Crippen molar-refractivity contribution in [1.82, 2.24) is 19.1 Å². The Morgan fingerprint density at radius 1 is 0.397 bits per heavy atom. The highest BCUT2D eigenvalue weighted by atomic mass is 16.5. The van der Waals surface area contributed by atoms with Crippen molar-refractivity contribution in [3.05, 3.63) is 252 Å².